The molecule has 4 amide bonds. The molecule has 0 radical (unpaired) electrons. The molecule has 4 N–H and O–H groups in total. The van der Waals surface area contributed by atoms with E-state index in [0.717, 1.165) is 11.1 Å². The molecule has 0 saturated carbocycles. The van der Waals surface area contributed by atoms with Crippen molar-refractivity contribution in [3.8, 4) is 0 Å². The summed E-state index contributed by atoms with van der Waals surface area (Å²) in [7, 11) is 0. The van der Waals surface area contributed by atoms with E-state index in [1.807, 2.05) is 52.8 Å². The van der Waals surface area contributed by atoms with Crippen molar-refractivity contribution in [3.63, 3.8) is 0 Å². The fraction of sp³-hybridized carbons (Fsp3) is 0.600. The van der Waals surface area contributed by atoms with Crippen molar-refractivity contribution in [2.24, 2.45) is 5.73 Å². The topological polar surface area (TPSA) is 131 Å². The standard InChI is InChI=1S/C25H40N4O5/c1-9-13-29(23(32)18(14-19(26)30)28-24(33)34-25(6,7)8)21(22(31)27-15(2)3)20-16(4)11-10-12-17(20)5/h10-12,15,18,21H,9,13-14H2,1-8H3,(H2,26,30)(H,27,31)(H,28,33). The highest BCUT2D eigenvalue weighted by Crippen LogP contribution is 2.29. The lowest BCUT2D eigenvalue weighted by Crippen LogP contribution is -2.54. The Morgan fingerprint density at radius 1 is 1.06 bits per heavy atom. The number of carbonyl (C=O) groups is 4. The van der Waals surface area contributed by atoms with Gasteiger partial charge in [0.2, 0.25) is 17.7 Å². The molecule has 0 bridgehead atoms. The SMILES string of the molecule is CCCN(C(=O)C(CC(N)=O)NC(=O)OC(C)(C)C)C(C(=O)NC(C)C)c1c(C)cccc1C. The summed E-state index contributed by atoms with van der Waals surface area (Å²) in [6.07, 6.45) is -0.722. The van der Waals surface area contributed by atoms with E-state index in [1.54, 1.807) is 20.8 Å². The minimum absolute atomic E-state index is 0.154. The first kappa shape index (κ1) is 28.9. The van der Waals surface area contributed by atoms with E-state index in [-0.39, 0.29) is 18.5 Å². The molecular formula is C25H40N4O5. The molecule has 0 saturated heterocycles. The van der Waals surface area contributed by atoms with Gasteiger partial charge < -0.3 is 26.0 Å². The molecule has 34 heavy (non-hydrogen) atoms. The Morgan fingerprint density at radius 3 is 2.06 bits per heavy atom. The second kappa shape index (κ2) is 12.4. The number of primary amides is 1. The smallest absolute Gasteiger partial charge is 0.408 e. The molecule has 0 fully saturated rings. The van der Waals surface area contributed by atoms with Gasteiger partial charge in [-0.3, -0.25) is 14.4 Å². The lowest BCUT2D eigenvalue weighted by molar-refractivity contribution is -0.143. The number of alkyl carbamates (subject to hydrolysis) is 1. The number of nitrogens with one attached hydrogen (secondary N) is 2. The van der Waals surface area contributed by atoms with E-state index in [0.29, 0.717) is 12.0 Å². The van der Waals surface area contributed by atoms with Crippen molar-refractivity contribution in [3.05, 3.63) is 34.9 Å². The van der Waals surface area contributed by atoms with Gasteiger partial charge in [0.25, 0.3) is 0 Å². The van der Waals surface area contributed by atoms with Crippen LogP contribution in [0.4, 0.5) is 4.79 Å². The number of carbonyl (C=O) groups excluding carboxylic acids is 4. The van der Waals surface area contributed by atoms with Gasteiger partial charge >= 0.3 is 6.09 Å². The number of hydrogen-bond acceptors (Lipinski definition) is 5. The van der Waals surface area contributed by atoms with Gasteiger partial charge in [0.15, 0.2) is 0 Å². The number of nitrogens with two attached hydrogens (primary N) is 1. The predicted molar refractivity (Wildman–Crippen MR) is 131 cm³/mol. The summed E-state index contributed by atoms with van der Waals surface area (Å²) in [5.41, 5.74) is 7.00. The van der Waals surface area contributed by atoms with Crippen LogP contribution in [0.1, 0.15) is 77.1 Å². The second-order valence-corrected chi connectivity index (χ2v) is 9.77. The Bertz CT molecular complexity index is 872. The van der Waals surface area contributed by atoms with Gasteiger partial charge in [0.1, 0.15) is 17.7 Å². The summed E-state index contributed by atoms with van der Waals surface area (Å²) in [5.74, 6) is -1.69. The molecule has 2 unspecified atom stereocenters. The largest absolute Gasteiger partial charge is 0.444 e. The van der Waals surface area contributed by atoms with Crippen LogP contribution in [0.25, 0.3) is 0 Å². The summed E-state index contributed by atoms with van der Waals surface area (Å²) in [6, 6.07) is 3.26. The van der Waals surface area contributed by atoms with Crippen molar-refractivity contribution in [2.45, 2.75) is 92.0 Å². The highest BCUT2D eigenvalue weighted by Gasteiger charge is 2.37. The van der Waals surface area contributed by atoms with Crippen LogP contribution in [0.2, 0.25) is 0 Å². The maximum Gasteiger partial charge on any atom is 0.408 e. The fourth-order valence-corrected chi connectivity index (χ4v) is 3.71. The van der Waals surface area contributed by atoms with Gasteiger partial charge in [0, 0.05) is 12.6 Å². The average Bonchev–Trinajstić information content (AvgIpc) is 2.66. The van der Waals surface area contributed by atoms with Crippen molar-refractivity contribution in [1.29, 1.82) is 0 Å². The molecule has 2 atom stereocenters. The third-order valence-electron chi connectivity index (χ3n) is 4.95. The minimum Gasteiger partial charge on any atom is -0.444 e. The molecule has 0 aliphatic heterocycles. The van der Waals surface area contributed by atoms with Crippen LogP contribution < -0.4 is 16.4 Å². The first-order valence-electron chi connectivity index (χ1n) is 11.6. The third kappa shape index (κ3) is 8.68. The van der Waals surface area contributed by atoms with E-state index in [4.69, 9.17) is 10.5 Å². The number of nitrogens with zero attached hydrogens (tertiary/aromatic N) is 1. The highest BCUT2D eigenvalue weighted by molar-refractivity contribution is 5.94. The van der Waals surface area contributed by atoms with Crippen LogP contribution in [0, 0.1) is 13.8 Å². The molecule has 0 aliphatic rings. The van der Waals surface area contributed by atoms with Crippen molar-refractivity contribution < 1.29 is 23.9 Å². The summed E-state index contributed by atoms with van der Waals surface area (Å²) < 4.78 is 5.27. The average molecular weight is 477 g/mol. The molecule has 190 valence electrons. The van der Waals surface area contributed by atoms with Crippen LogP contribution in [0.5, 0.6) is 0 Å². The monoisotopic (exact) mass is 476 g/mol. The number of ether oxygens (including phenoxy) is 1. The summed E-state index contributed by atoms with van der Waals surface area (Å²) in [6.45, 7) is 14.6. The molecule has 0 spiro atoms. The number of amides is 4. The Morgan fingerprint density at radius 2 is 1.62 bits per heavy atom. The van der Waals surface area contributed by atoms with E-state index in [2.05, 4.69) is 10.6 Å². The van der Waals surface area contributed by atoms with E-state index in [9.17, 15) is 19.2 Å². The van der Waals surface area contributed by atoms with Gasteiger partial charge in [-0.15, -0.1) is 0 Å². The van der Waals surface area contributed by atoms with E-state index < -0.39 is 42.0 Å². The first-order valence-corrected chi connectivity index (χ1v) is 11.6. The van der Waals surface area contributed by atoms with E-state index >= 15 is 0 Å². The molecule has 9 heteroatoms. The van der Waals surface area contributed by atoms with Gasteiger partial charge in [-0.1, -0.05) is 25.1 Å². The van der Waals surface area contributed by atoms with Crippen LogP contribution in [0.3, 0.4) is 0 Å². The van der Waals surface area contributed by atoms with Gasteiger partial charge in [-0.2, -0.15) is 0 Å². The molecular weight excluding hydrogens is 436 g/mol. The predicted octanol–water partition coefficient (Wildman–Crippen LogP) is 2.88. The zero-order valence-corrected chi connectivity index (χ0v) is 21.7. The normalized spacial score (nSPS) is 13.1. The molecule has 0 aromatic heterocycles. The quantitative estimate of drug-likeness (QED) is 0.478. The molecule has 1 rings (SSSR count). The van der Waals surface area contributed by atoms with Crippen molar-refractivity contribution >= 4 is 23.8 Å². The third-order valence-corrected chi connectivity index (χ3v) is 4.95. The Balaban J connectivity index is 3.53. The lowest BCUT2D eigenvalue weighted by Gasteiger charge is -2.35. The zero-order valence-electron chi connectivity index (χ0n) is 21.7. The Hall–Kier alpha value is -3.10. The first-order chi connectivity index (χ1) is 15.7. The van der Waals surface area contributed by atoms with Crippen molar-refractivity contribution in [1.82, 2.24) is 15.5 Å². The lowest BCUT2D eigenvalue weighted by atomic mass is 9.93. The maximum atomic E-state index is 13.8. The molecule has 0 aliphatic carbocycles. The molecule has 1 aromatic rings. The van der Waals surface area contributed by atoms with Gasteiger partial charge in [-0.05, 0) is 71.6 Å². The highest BCUT2D eigenvalue weighted by atomic mass is 16.6. The Labute approximate surface area is 202 Å². The number of benzene rings is 1. The molecule has 1 aromatic carbocycles. The van der Waals surface area contributed by atoms with Gasteiger partial charge in [-0.25, -0.2) is 4.79 Å². The fourth-order valence-electron chi connectivity index (χ4n) is 3.71. The zero-order chi connectivity index (χ0) is 26.2. The molecule has 9 nitrogen and oxygen atoms in total. The summed E-state index contributed by atoms with van der Waals surface area (Å²) in [5, 5.41) is 5.38. The Kier molecular flexibility index (Phi) is 10.5. The second-order valence-electron chi connectivity index (χ2n) is 9.77. The molecule has 0 heterocycles. The maximum absolute atomic E-state index is 13.8. The minimum atomic E-state index is -1.28. The van der Waals surface area contributed by atoms with Crippen LogP contribution in [-0.4, -0.2) is 52.9 Å². The van der Waals surface area contributed by atoms with Gasteiger partial charge in [0.05, 0.1) is 6.42 Å². The van der Waals surface area contributed by atoms with Crippen LogP contribution in [-0.2, 0) is 19.1 Å². The number of aryl methyl sites for hydroxylation is 2. The number of rotatable bonds is 10. The van der Waals surface area contributed by atoms with E-state index in [1.165, 1.54) is 4.90 Å². The summed E-state index contributed by atoms with van der Waals surface area (Å²) in [4.78, 5) is 52.8. The van der Waals surface area contributed by atoms with Crippen LogP contribution in [0.15, 0.2) is 18.2 Å². The van der Waals surface area contributed by atoms with Crippen molar-refractivity contribution in [2.75, 3.05) is 6.54 Å². The number of hydrogen-bond donors (Lipinski definition) is 3. The summed E-state index contributed by atoms with van der Waals surface area (Å²) >= 11 is 0. The van der Waals surface area contributed by atoms with Crippen LogP contribution >= 0.6 is 0 Å².